The molecule has 3 aromatic rings. The number of nitrogens with zero attached hydrogens (tertiary/aromatic N) is 3. The number of para-hydroxylation sites is 1. The third kappa shape index (κ3) is 3.03. The van der Waals surface area contributed by atoms with Crippen molar-refractivity contribution in [3.63, 3.8) is 0 Å². The second-order valence-corrected chi connectivity index (χ2v) is 5.18. The third-order valence-corrected chi connectivity index (χ3v) is 3.20. The third-order valence-electron chi connectivity index (χ3n) is 3.20. The molecule has 0 saturated carbocycles. The summed E-state index contributed by atoms with van der Waals surface area (Å²) in [5, 5.41) is 7.04. The monoisotopic (exact) mass is 292 g/mol. The first-order valence-corrected chi connectivity index (χ1v) is 6.98. The highest BCUT2D eigenvalue weighted by atomic mass is 16.2. The van der Waals surface area contributed by atoms with Gasteiger partial charge in [0.25, 0.3) is 5.91 Å². The number of aryl methyl sites for hydroxylation is 2. The van der Waals surface area contributed by atoms with E-state index in [0.717, 1.165) is 22.5 Å². The number of carbonyl (C=O) groups is 1. The van der Waals surface area contributed by atoms with Crippen molar-refractivity contribution in [2.75, 3.05) is 5.32 Å². The summed E-state index contributed by atoms with van der Waals surface area (Å²) < 4.78 is 1.58. The lowest BCUT2D eigenvalue weighted by Crippen LogP contribution is -2.14. The molecule has 22 heavy (non-hydrogen) atoms. The number of aromatic nitrogens is 3. The first kappa shape index (κ1) is 14.0. The van der Waals surface area contributed by atoms with E-state index in [0.29, 0.717) is 0 Å². The van der Waals surface area contributed by atoms with Crippen LogP contribution in [0.15, 0.2) is 54.9 Å². The molecular weight excluding hydrogens is 276 g/mol. The first-order chi connectivity index (χ1) is 10.6. The predicted molar refractivity (Wildman–Crippen MR) is 85.2 cm³/mol. The molecule has 0 saturated heterocycles. The average molecular weight is 292 g/mol. The summed E-state index contributed by atoms with van der Waals surface area (Å²) in [6.45, 7) is 3.98. The SMILES string of the molecule is Cc1cc(C)cc(NC(=O)c2ncn(-c3ccccc3)n2)c1. The Hall–Kier alpha value is -2.95. The van der Waals surface area contributed by atoms with Gasteiger partial charge in [0.1, 0.15) is 6.33 Å². The number of nitrogens with one attached hydrogen (secondary N) is 1. The quantitative estimate of drug-likeness (QED) is 0.806. The van der Waals surface area contributed by atoms with E-state index in [1.165, 1.54) is 6.33 Å². The molecule has 0 fully saturated rings. The van der Waals surface area contributed by atoms with E-state index in [-0.39, 0.29) is 11.7 Å². The molecule has 2 aromatic carbocycles. The van der Waals surface area contributed by atoms with Gasteiger partial charge in [0.15, 0.2) is 0 Å². The van der Waals surface area contributed by atoms with Crippen molar-refractivity contribution < 1.29 is 4.79 Å². The Morgan fingerprint density at radius 2 is 1.73 bits per heavy atom. The Bertz CT molecular complexity index is 788. The molecule has 1 N–H and O–H groups in total. The fourth-order valence-corrected chi connectivity index (χ4v) is 2.31. The van der Waals surface area contributed by atoms with Gasteiger partial charge in [-0.1, -0.05) is 24.3 Å². The van der Waals surface area contributed by atoms with Gasteiger partial charge >= 0.3 is 0 Å². The van der Waals surface area contributed by atoms with Crippen molar-refractivity contribution in [3.8, 4) is 5.69 Å². The summed E-state index contributed by atoms with van der Waals surface area (Å²) >= 11 is 0. The van der Waals surface area contributed by atoms with Crippen molar-refractivity contribution >= 4 is 11.6 Å². The number of amides is 1. The molecule has 0 aliphatic carbocycles. The van der Waals surface area contributed by atoms with Crippen molar-refractivity contribution in [2.45, 2.75) is 13.8 Å². The molecule has 1 heterocycles. The van der Waals surface area contributed by atoms with E-state index in [1.807, 2.05) is 56.3 Å². The maximum Gasteiger partial charge on any atom is 0.295 e. The first-order valence-electron chi connectivity index (χ1n) is 6.98. The van der Waals surface area contributed by atoms with Crippen LogP contribution in [0.25, 0.3) is 5.69 Å². The lowest BCUT2D eigenvalue weighted by atomic mass is 10.1. The second kappa shape index (κ2) is 5.81. The van der Waals surface area contributed by atoms with Crippen LogP contribution >= 0.6 is 0 Å². The molecule has 0 atom stereocenters. The van der Waals surface area contributed by atoms with Gasteiger partial charge in [-0.05, 0) is 49.2 Å². The molecule has 1 aromatic heterocycles. The minimum atomic E-state index is -0.320. The Balaban J connectivity index is 1.80. The van der Waals surface area contributed by atoms with Crippen LogP contribution in [0.2, 0.25) is 0 Å². The summed E-state index contributed by atoms with van der Waals surface area (Å²) in [7, 11) is 0. The highest BCUT2D eigenvalue weighted by molar-refractivity contribution is 6.01. The zero-order valence-electron chi connectivity index (χ0n) is 12.4. The van der Waals surface area contributed by atoms with Gasteiger partial charge in [0, 0.05) is 5.69 Å². The molecule has 110 valence electrons. The van der Waals surface area contributed by atoms with E-state index in [2.05, 4.69) is 21.5 Å². The highest BCUT2D eigenvalue weighted by Gasteiger charge is 2.12. The molecule has 1 amide bonds. The molecule has 0 spiro atoms. The smallest absolute Gasteiger partial charge is 0.295 e. The molecule has 0 bridgehead atoms. The number of anilines is 1. The Morgan fingerprint density at radius 3 is 2.41 bits per heavy atom. The van der Waals surface area contributed by atoms with Crippen LogP contribution in [0.1, 0.15) is 21.7 Å². The van der Waals surface area contributed by atoms with Crippen molar-refractivity contribution in [3.05, 3.63) is 71.8 Å². The zero-order valence-corrected chi connectivity index (χ0v) is 12.4. The summed E-state index contributed by atoms with van der Waals surface area (Å²) in [6, 6.07) is 15.4. The standard InChI is InChI=1S/C17H16N4O/c1-12-8-13(2)10-14(9-12)19-17(22)16-18-11-21(20-16)15-6-4-3-5-7-15/h3-11H,1-2H3,(H,19,22). The van der Waals surface area contributed by atoms with Gasteiger partial charge in [-0.15, -0.1) is 5.10 Å². The Morgan fingerprint density at radius 1 is 1.05 bits per heavy atom. The zero-order chi connectivity index (χ0) is 15.5. The minimum absolute atomic E-state index is 0.142. The van der Waals surface area contributed by atoms with Crippen LogP contribution in [-0.2, 0) is 0 Å². The fourth-order valence-electron chi connectivity index (χ4n) is 2.31. The maximum atomic E-state index is 12.2. The largest absolute Gasteiger partial charge is 0.319 e. The molecule has 5 nitrogen and oxygen atoms in total. The van der Waals surface area contributed by atoms with Crippen LogP contribution in [-0.4, -0.2) is 20.7 Å². The van der Waals surface area contributed by atoms with Gasteiger partial charge in [-0.3, -0.25) is 4.79 Å². The second-order valence-electron chi connectivity index (χ2n) is 5.18. The van der Waals surface area contributed by atoms with Crippen molar-refractivity contribution in [1.29, 1.82) is 0 Å². The molecule has 3 rings (SSSR count). The lowest BCUT2D eigenvalue weighted by molar-refractivity contribution is 0.101. The number of rotatable bonds is 3. The van der Waals surface area contributed by atoms with Gasteiger partial charge in [-0.2, -0.15) is 0 Å². The van der Waals surface area contributed by atoms with Crippen molar-refractivity contribution in [2.24, 2.45) is 0 Å². The van der Waals surface area contributed by atoms with Gasteiger partial charge in [0.05, 0.1) is 5.69 Å². The van der Waals surface area contributed by atoms with E-state index < -0.39 is 0 Å². The average Bonchev–Trinajstić information content (AvgIpc) is 2.97. The van der Waals surface area contributed by atoms with Crippen LogP contribution in [0, 0.1) is 13.8 Å². The molecule has 0 unspecified atom stereocenters. The minimum Gasteiger partial charge on any atom is -0.319 e. The summed E-state index contributed by atoms with van der Waals surface area (Å²) in [6.07, 6.45) is 1.53. The summed E-state index contributed by atoms with van der Waals surface area (Å²) in [5.41, 5.74) is 3.80. The molecule has 0 aliphatic heterocycles. The van der Waals surface area contributed by atoms with E-state index in [1.54, 1.807) is 4.68 Å². The van der Waals surface area contributed by atoms with Gasteiger partial charge < -0.3 is 5.32 Å². The number of benzene rings is 2. The lowest BCUT2D eigenvalue weighted by Gasteiger charge is -2.05. The van der Waals surface area contributed by atoms with Crippen LogP contribution in [0.5, 0.6) is 0 Å². The molecular formula is C17H16N4O. The number of carbonyl (C=O) groups excluding carboxylic acids is 1. The van der Waals surface area contributed by atoms with Gasteiger partial charge in [0.2, 0.25) is 5.82 Å². The molecule has 5 heteroatoms. The van der Waals surface area contributed by atoms with Gasteiger partial charge in [-0.25, -0.2) is 9.67 Å². The predicted octanol–water partition coefficient (Wildman–Crippen LogP) is 3.14. The number of hydrogen-bond donors (Lipinski definition) is 1. The Kier molecular flexibility index (Phi) is 3.70. The summed E-state index contributed by atoms with van der Waals surface area (Å²) in [4.78, 5) is 16.3. The number of hydrogen-bond acceptors (Lipinski definition) is 3. The van der Waals surface area contributed by atoms with Crippen LogP contribution in [0.4, 0.5) is 5.69 Å². The normalized spacial score (nSPS) is 10.5. The Labute approximate surface area is 128 Å². The fraction of sp³-hybridized carbons (Fsp3) is 0.118. The summed E-state index contributed by atoms with van der Waals surface area (Å²) in [5.74, 6) is -0.178. The van der Waals surface area contributed by atoms with Crippen LogP contribution < -0.4 is 5.32 Å². The maximum absolute atomic E-state index is 12.2. The van der Waals surface area contributed by atoms with Crippen LogP contribution in [0.3, 0.4) is 0 Å². The van der Waals surface area contributed by atoms with E-state index in [9.17, 15) is 4.79 Å². The topological polar surface area (TPSA) is 59.8 Å². The van der Waals surface area contributed by atoms with Crippen molar-refractivity contribution in [1.82, 2.24) is 14.8 Å². The molecule has 0 radical (unpaired) electrons. The van der Waals surface area contributed by atoms with E-state index >= 15 is 0 Å². The highest BCUT2D eigenvalue weighted by Crippen LogP contribution is 2.14. The van der Waals surface area contributed by atoms with E-state index in [4.69, 9.17) is 0 Å². The molecule has 0 aliphatic rings.